The van der Waals surface area contributed by atoms with E-state index < -0.39 is 0 Å². The lowest BCUT2D eigenvalue weighted by molar-refractivity contribution is 0.0600. The van der Waals surface area contributed by atoms with Gasteiger partial charge in [0.15, 0.2) is 0 Å². The minimum absolute atomic E-state index is 0.115. The molecule has 0 N–H and O–H groups in total. The summed E-state index contributed by atoms with van der Waals surface area (Å²) in [5.41, 5.74) is 1.50. The molecule has 0 aliphatic rings. The van der Waals surface area contributed by atoms with Crippen molar-refractivity contribution < 1.29 is 14.3 Å². The van der Waals surface area contributed by atoms with Gasteiger partial charge in [-0.2, -0.15) is 0 Å². The van der Waals surface area contributed by atoms with E-state index in [0.29, 0.717) is 11.3 Å². The number of benzene rings is 1. The zero-order valence-corrected chi connectivity index (χ0v) is 10.9. The van der Waals surface area contributed by atoms with Crippen molar-refractivity contribution in [3.8, 4) is 5.75 Å². The number of rotatable bonds is 4. The first kappa shape index (κ1) is 13.1. The lowest BCUT2D eigenvalue weighted by Crippen LogP contribution is -2.05. The first-order valence-corrected chi connectivity index (χ1v) is 5.95. The van der Waals surface area contributed by atoms with Crippen LogP contribution in [0.1, 0.15) is 28.9 Å². The van der Waals surface area contributed by atoms with Crippen molar-refractivity contribution in [2.24, 2.45) is 0 Å². The van der Waals surface area contributed by atoms with Gasteiger partial charge in [-0.25, -0.2) is 4.79 Å². The molecule has 1 atom stereocenters. The third-order valence-electron chi connectivity index (χ3n) is 2.74. The number of carbonyl (C=O) groups excluding carboxylic acids is 1. The standard InChI is InChI=1S/C15H15NO3/c1-11(12-6-8-16-9-7-12)19-14-5-3-4-13(10-14)15(17)18-2/h3-11H,1-2H3. The van der Waals surface area contributed by atoms with Gasteiger partial charge in [-0.05, 0) is 42.8 Å². The molecule has 2 aromatic rings. The minimum Gasteiger partial charge on any atom is -0.486 e. The summed E-state index contributed by atoms with van der Waals surface area (Å²) in [6.45, 7) is 1.94. The Hall–Kier alpha value is -2.36. The fourth-order valence-corrected chi connectivity index (χ4v) is 1.72. The lowest BCUT2D eigenvalue weighted by Gasteiger charge is -2.15. The third-order valence-corrected chi connectivity index (χ3v) is 2.74. The first-order valence-electron chi connectivity index (χ1n) is 5.95. The maximum atomic E-state index is 11.4. The van der Waals surface area contributed by atoms with Crippen LogP contribution in [0.2, 0.25) is 0 Å². The van der Waals surface area contributed by atoms with E-state index in [9.17, 15) is 4.79 Å². The molecule has 1 unspecified atom stereocenters. The molecular formula is C15H15NO3. The van der Waals surface area contributed by atoms with Crippen molar-refractivity contribution in [1.29, 1.82) is 0 Å². The van der Waals surface area contributed by atoms with E-state index in [1.165, 1.54) is 7.11 Å². The molecular weight excluding hydrogens is 242 g/mol. The van der Waals surface area contributed by atoms with Crippen LogP contribution >= 0.6 is 0 Å². The quantitative estimate of drug-likeness (QED) is 0.790. The van der Waals surface area contributed by atoms with E-state index >= 15 is 0 Å². The Morgan fingerprint density at radius 1 is 1.21 bits per heavy atom. The Balaban J connectivity index is 2.13. The second kappa shape index (κ2) is 6.00. The van der Waals surface area contributed by atoms with E-state index in [-0.39, 0.29) is 12.1 Å². The summed E-state index contributed by atoms with van der Waals surface area (Å²) in [6, 6.07) is 10.7. The highest BCUT2D eigenvalue weighted by Gasteiger charge is 2.10. The maximum absolute atomic E-state index is 11.4. The molecule has 0 bridgehead atoms. The van der Waals surface area contributed by atoms with Crippen LogP contribution in [0.4, 0.5) is 0 Å². The van der Waals surface area contributed by atoms with Crippen LogP contribution in [-0.4, -0.2) is 18.1 Å². The molecule has 0 radical (unpaired) electrons. The summed E-state index contributed by atoms with van der Waals surface area (Å²) in [4.78, 5) is 15.4. The summed E-state index contributed by atoms with van der Waals surface area (Å²) in [5, 5.41) is 0. The molecule has 1 heterocycles. The van der Waals surface area contributed by atoms with Crippen LogP contribution in [0.25, 0.3) is 0 Å². The van der Waals surface area contributed by atoms with E-state index in [4.69, 9.17) is 4.74 Å². The summed E-state index contributed by atoms with van der Waals surface area (Å²) in [5.74, 6) is 0.259. The van der Waals surface area contributed by atoms with Gasteiger partial charge in [-0.3, -0.25) is 4.98 Å². The van der Waals surface area contributed by atoms with Gasteiger partial charge in [0.25, 0.3) is 0 Å². The normalized spacial score (nSPS) is 11.7. The summed E-state index contributed by atoms with van der Waals surface area (Å²) in [6.07, 6.45) is 3.33. The van der Waals surface area contributed by atoms with Gasteiger partial charge < -0.3 is 9.47 Å². The van der Waals surface area contributed by atoms with Crippen molar-refractivity contribution in [3.05, 3.63) is 59.9 Å². The Bertz CT molecular complexity index is 554. The van der Waals surface area contributed by atoms with Crippen LogP contribution < -0.4 is 4.74 Å². The van der Waals surface area contributed by atoms with Crippen LogP contribution in [0.5, 0.6) is 5.75 Å². The number of carbonyl (C=O) groups is 1. The van der Waals surface area contributed by atoms with Crippen LogP contribution in [0.15, 0.2) is 48.8 Å². The van der Waals surface area contributed by atoms with Crippen molar-refractivity contribution in [2.75, 3.05) is 7.11 Å². The molecule has 4 nitrogen and oxygen atoms in total. The number of pyridine rings is 1. The van der Waals surface area contributed by atoms with Crippen molar-refractivity contribution in [1.82, 2.24) is 4.98 Å². The number of hydrogen-bond donors (Lipinski definition) is 0. The molecule has 1 aromatic heterocycles. The van der Waals surface area contributed by atoms with Crippen molar-refractivity contribution >= 4 is 5.97 Å². The van der Waals surface area contributed by atoms with Gasteiger partial charge in [-0.15, -0.1) is 0 Å². The molecule has 4 heteroatoms. The highest BCUT2D eigenvalue weighted by Crippen LogP contribution is 2.22. The van der Waals surface area contributed by atoms with Crippen LogP contribution in [-0.2, 0) is 4.74 Å². The van der Waals surface area contributed by atoms with Gasteiger partial charge in [0.2, 0.25) is 0 Å². The Morgan fingerprint density at radius 2 is 1.95 bits per heavy atom. The maximum Gasteiger partial charge on any atom is 0.337 e. The number of aromatic nitrogens is 1. The molecule has 0 saturated heterocycles. The summed E-state index contributed by atoms with van der Waals surface area (Å²) in [7, 11) is 1.36. The first-order chi connectivity index (χ1) is 9.20. The monoisotopic (exact) mass is 257 g/mol. The SMILES string of the molecule is COC(=O)c1cccc(OC(C)c2ccncc2)c1. The largest absolute Gasteiger partial charge is 0.486 e. The Morgan fingerprint density at radius 3 is 2.63 bits per heavy atom. The zero-order valence-electron chi connectivity index (χ0n) is 10.9. The zero-order chi connectivity index (χ0) is 13.7. The molecule has 0 saturated carbocycles. The van der Waals surface area contributed by atoms with Crippen molar-refractivity contribution in [3.63, 3.8) is 0 Å². The van der Waals surface area contributed by atoms with Crippen LogP contribution in [0.3, 0.4) is 0 Å². The van der Waals surface area contributed by atoms with E-state index in [2.05, 4.69) is 9.72 Å². The van der Waals surface area contributed by atoms with Crippen molar-refractivity contribution in [2.45, 2.75) is 13.0 Å². The predicted molar refractivity (Wildman–Crippen MR) is 71.1 cm³/mol. The molecule has 0 amide bonds. The van der Waals surface area contributed by atoms with Gasteiger partial charge in [-0.1, -0.05) is 6.07 Å². The van der Waals surface area contributed by atoms with Gasteiger partial charge in [0.05, 0.1) is 12.7 Å². The second-order valence-corrected chi connectivity index (χ2v) is 4.06. The minimum atomic E-state index is -0.373. The number of ether oxygens (including phenoxy) is 2. The molecule has 0 aliphatic carbocycles. The molecule has 2 rings (SSSR count). The Labute approximate surface area is 112 Å². The van der Waals surface area contributed by atoms with E-state index in [1.54, 1.807) is 30.6 Å². The predicted octanol–water partition coefficient (Wildman–Crippen LogP) is 3.01. The highest BCUT2D eigenvalue weighted by atomic mass is 16.5. The fourth-order valence-electron chi connectivity index (χ4n) is 1.72. The average Bonchev–Trinajstić information content (AvgIpc) is 2.47. The summed E-state index contributed by atoms with van der Waals surface area (Å²) < 4.78 is 10.5. The average molecular weight is 257 g/mol. The van der Waals surface area contributed by atoms with Gasteiger partial charge in [0.1, 0.15) is 11.9 Å². The van der Waals surface area contributed by atoms with Crippen LogP contribution in [0, 0.1) is 0 Å². The lowest BCUT2D eigenvalue weighted by atomic mass is 10.1. The summed E-state index contributed by atoms with van der Waals surface area (Å²) >= 11 is 0. The number of esters is 1. The van der Waals surface area contributed by atoms with E-state index in [1.807, 2.05) is 25.1 Å². The van der Waals surface area contributed by atoms with E-state index in [0.717, 1.165) is 5.56 Å². The van der Waals surface area contributed by atoms with Gasteiger partial charge >= 0.3 is 5.97 Å². The molecule has 0 spiro atoms. The Kier molecular flexibility index (Phi) is 4.13. The number of hydrogen-bond acceptors (Lipinski definition) is 4. The third kappa shape index (κ3) is 3.31. The smallest absolute Gasteiger partial charge is 0.337 e. The second-order valence-electron chi connectivity index (χ2n) is 4.06. The number of methoxy groups -OCH3 is 1. The molecule has 1 aromatic carbocycles. The topological polar surface area (TPSA) is 48.4 Å². The highest BCUT2D eigenvalue weighted by molar-refractivity contribution is 5.89. The van der Waals surface area contributed by atoms with Gasteiger partial charge in [0, 0.05) is 12.4 Å². The molecule has 0 fully saturated rings. The molecule has 19 heavy (non-hydrogen) atoms. The molecule has 0 aliphatic heterocycles. The fraction of sp³-hybridized carbons (Fsp3) is 0.200. The number of nitrogens with zero attached hydrogens (tertiary/aromatic N) is 1. The molecule has 98 valence electrons.